The first-order valence-corrected chi connectivity index (χ1v) is 8.27. The lowest BCUT2D eigenvalue weighted by molar-refractivity contribution is -0.135. The molecule has 1 aromatic carbocycles. The maximum Gasteiger partial charge on any atom is 0.239 e. The van der Waals surface area contributed by atoms with Gasteiger partial charge in [-0.15, -0.1) is 0 Å². The molecule has 1 amide bonds. The van der Waals surface area contributed by atoms with Crippen molar-refractivity contribution in [2.75, 3.05) is 20.1 Å². The third kappa shape index (κ3) is 4.31. The molecule has 1 saturated heterocycles. The fourth-order valence-electron chi connectivity index (χ4n) is 3.01. The number of rotatable bonds is 5. The summed E-state index contributed by atoms with van der Waals surface area (Å²) in [4.78, 5) is 16.8. The molecule has 0 spiro atoms. The van der Waals surface area contributed by atoms with Gasteiger partial charge in [-0.2, -0.15) is 0 Å². The molecule has 4 heteroatoms. The molecule has 0 saturated carbocycles. The van der Waals surface area contributed by atoms with Crippen LogP contribution in [0.3, 0.4) is 0 Å². The van der Waals surface area contributed by atoms with Gasteiger partial charge in [-0.05, 0) is 31.4 Å². The van der Waals surface area contributed by atoms with Crippen LogP contribution in [0.25, 0.3) is 0 Å². The Morgan fingerprint density at radius 3 is 2.68 bits per heavy atom. The molecule has 2 rings (SSSR count). The molecule has 0 bridgehead atoms. The van der Waals surface area contributed by atoms with Gasteiger partial charge < -0.3 is 10.6 Å². The zero-order valence-electron chi connectivity index (χ0n) is 14.0. The van der Waals surface area contributed by atoms with Gasteiger partial charge in [-0.25, -0.2) is 0 Å². The second kappa shape index (κ2) is 7.75. The number of likely N-dealkylation sites (N-methyl/N-ethyl adjacent to an activating group) is 1. The predicted molar refractivity (Wildman–Crippen MR) is 90.3 cm³/mol. The Morgan fingerprint density at radius 2 is 2.05 bits per heavy atom. The van der Waals surface area contributed by atoms with Crippen LogP contribution in [0.1, 0.15) is 32.3 Å². The zero-order valence-corrected chi connectivity index (χ0v) is 14.0. The van der Waals surface area contributed by atoms with Gasteiger partial charge in [-0.1, -0.05) is 44.2 Å². The number of amides is 1. The van der Waals surface area contributed by atoms with Crippen LogP contribution in [-0.4, -0.2) is 47.9 Å². The molecule has 22 heavy (non-hydrogen) atoms. The lowest BCUT2D eigenvalue weighted by atomic mass is 9.99. The fourth-order valence-corrected chi connectivity index (χ4v) is 3.01. The molecular weight excluding hydrogens is 274 g/mol. The van der Waals surface area contributed by atoms with Gasteiger partial charge in [0, 0.05) is 25.7 Å². The molecule has 0 radical (unpaired) electrons. The van der Waals surface area contributed by atoms with Crippen LogP contribution in [-0.2, 0) is 11.3 Å². The van der Waals surface area contributed by atoms with E-state index in [9.17, 15) is 4.79 Å². The molecule has 1 aliphatic rings. The van der Waals surface area contributed by atoms with Crippen LogP contribution in [0, 0.1) is 5.92 Å². The summed E-state index contributed by atoms with van der Waals surface area (Å²) in [6.07, 6.45) is 2.20. The molecule has 122 valence electrons. The molecule has 4 nitrogen and oxygen atoms in total. The standard InChI is InChI=1S/C18H29N3O/c1-14(2)17(19)18(22)21-11-7-10-16(13-21)20(3)12-15-8-5-4-6-9-15/h4-6,8-9,14,16-17H,7,10-13,19H2,1-3H3/t16-,17+/m1/s1. The highest BCUT2D eigenvalue weighted by Crippen LogP contribution is 2.18. The maximum absolute atomic E-state index is 12.4. The van der Waals surface area contributed by atoms with Crippen LogP contribution in [0.5, 0.6) is 0 Å². The first-order valence-electron chi connectivity index (χ1n) is 8.27. The third-order valence-corrected chi connectivity index (χ3v) is 4.61. The van der Waals surface area contributed by atoms with Crippen LogP contribution < -0.4 is 5.73 Å². The van der Waals surface area contributed by atoms with Crippen molar-refractivity contribution >= 4 is 5.91 Å². The van der Waals surface area contributed by atoms with Gasteiger partial charge in [0.25, 0.3) is 0 Å². The molecule has 1 heterocycles. The van der Waals surface area contributed by atoms with E-state index in [1.54, 1.807) is 0 Å². The lowest BCUT2D eigenvalue weighted by Gasteiger charge is -2.39. The van der Waals surface area contributed by atoms with Crippen LogP contribution in [0.4, 0.5) is 0 Å². The van der Waals surface area contributed by atoms with E-state index >= 15 is 0 Å². The number of carbonyl (C=O) groups excluding carboxylic acids is 1. The fraction of sp³-hybridized carbons (Fsp3) is 0.611. The molecule has 1 aromatic rings. The number of hydrogen-bond acceptors (Lipinski definition) is 3. The normalized spacial score (nSPS) is 20.5. The summed E-state index contributed by atoms with van der Waals surface area (Å²) in [5.74, 6) is 0.294. The summed E-state index contributed by atoms with van der Waals surface area (Å²) in [5.41, 5.74) is 7.34. The number of benzene rings is 1. The van der Waals surface area contributed by atoms with E-state index in [2.05, 4.69) is 36.2 Å². The van der Waals surface area contributed by atoms with Crippen molar-refractivity contribution in [3.63, 3.8) is 0 Å². The summed E-state index contributed by atoms with van der Waals surface area (Å²) in [6.45, 7) is 6.57. The minimum absolute atomic E-state index is 0.104. The Balaban J connectivity index is 1.94. The van der Waals surface area contributed by atoms with Crippen molar-refractivity contribution < 1.29 is 4.79 Å². The topological polar surface area (TPSA) is 49.6 Å². The van der Waals surface area contributed by atoms with E-state index in [-0.39, 0.29) is 17.9 Å². The quantitative estimate of drug-likeness (QED) is 0.906. The summed E-state index contributed by atoms with van der Waals surface area (Å²) in [6, 6.07) is 10.5. The van der Waals surface area contributed by atoms with Crippen LogP contribution >= 0.6 is 0 Å². The van der Waals surface area contributed by atoms with E-state index in [0.29, 0.717) is 6.04 Å². The molecule has 2 atom stereocenters. The van der Waals surface area contributed by atoms with E-state index in [4.69, 9.17) is 5.73 Å². The van der Waals surface area contributed by atoms with Crippen LogP contribution in [0.15, 0.2) is 30.3 Å². The average Bonchev–Trinajstić information content (AvgIpc) is 2.54. The Kier molecular flexibility index (Phi) is 5.98. The summed E-state index contributed by atoms with van der Waals surface area (Å²) in [5, 5.41) is 0. The molecule has 0 unspecified atom stereocenters. The second-order valence-electron chi connectivity index (χ2n) is 6.75. The number of nitrogens with two attached hydrogens (primary N) is 1. The van der Waals surface area contributed by atoms with Gasteiger partial charge in [0.05, 0.1) is 6.04 Å². The van der Waals surface area contributed by atoms with Crippen molar-refractivity contribution in [1.82, 2.24) is 9.80 Å². The van der Waals surface area contributed by atoms with Crippen molar-refractivity contribution in [2.45, 2.75) is 45.3 Å². The lowest BCUT2D eigenvalue weighted by Crippen LogP contribution is -2.53. The first kappa shape index (κ1) is 17.0. The minimum Gasteiger partial charge on any atom is -0.340 e. The SMILES string of the molecule is CC(C)[C@H](N)C(=O)N1CCC[C@@H](N(C)Cc2ccccc2)C1. The van der Waals surface area contributed by atoms with E-state index in [0.717, 1.165) is 32.5 Å². The van der Waals surface area contributed by atoms with Gasteiger partial charge in [0.15, 0.2) is 0 Å². The van der Waals surface area contributed by atoms with E-state index < -0.39 is 0 Å². The van der Waals surface area contributed by atoms with Crippen molar-refractivity contribution in [3.05, 3.63) is 35.9 Å². The highest BCUT2D eigenvalue weighted by molar-refractivity contribution is 5.82. The van der Waals surface area contributed by atoms with Gasteiger partial charge in [-0.3, -0.25) is 9.69 Å². The molecule has 0 aliphatic carbocycles. The van der Waals surface area contributed by atoms with Gasteiger partial charge >= 0.3 is 0 Å². The predicted octanol–water partition coefficient (Wildman–Crippen LogP) is 2.09. The van der Waals surface area contributed by atoms with Crippen molar-refractivity contribution in [3.8, 4) is 0 Å². The van der Waals surface area contributed by atoms with Gasteiger partial charge in [0.2, 0.25) is 5.91 Å². The third-order valence-electron chi connectivity index (χ3n) is 4.61. The number of nitrogens with zero attached hydrogens (tertiary/aromatic N) is 2. The Bertz CT molecular complexity index is 474. The maximum atomic E-state index is 12.4. The van der Waals surface area contributed by atoms with Crippen molar-refractivity contribution in [1.29, 1.82) is 0 Å². The van der Waals surface area contributed by atoms with Gasteiger partial charge in [0.1, 0.15) is 0 Å². The molecular formula is C18H29N3O. The summed E-state index contributed by atoms with van der Waals surface area (Å²) >= 11 is 0. The highest BCUT2D eigenvalue weighted by atomic mass is 16.2. The van der Waals surface area contributed by atoms with Crippen LogP contribution in [0.2, 0.25) is 0 Å². The number of hydrogen-bond donors (Lipinski definition) is 1. The number of piperidine rings is 1. The monoisotopic (exact) mass is 303 g/mol. The average molecular weight is 303 g/mol. The summed E-state index contributed by atoms with van der Waals surface area (Å²) in [7, 11) is 2.15. The Labute approximate surface area is 134 Å². The Hall–Kier alpha value is -1.39. The van der Waals surface area contributed by atoms with Crippen molar-refractivity contribution in [2.24, 2.45) is 11.7 Å². The molecule has 1 aliphatic heterocycles. The summed E-state index contributed by atoms with van der Waals surface area (Å²) < 4.78 is 0. The highest BCUT2D eigenvalue weighted by Gasteiger charge is 2.29. The zero-order chi connectivity index (χ0) is 16.1. The largest absolute Gasteiger partial charge is 0.340 e. The smallest absolute Gasteiger partial charge is 0.239 e. The minimum atomic E-state index is -0.377. The number of likely N-dealkylation sites (tertiary alicyclic amines) is 1. The Morgan fingerprint density at radius 1 is 1.36 bits per heavy atom. The van der Waals surface area contributed by atoms with E-state index in [1.165, 1.54) is 5.56 Å². The molecule has 0 aromatic heterocycles. The van der Waals surface area contributed by atoms with E-state index in [1.807, 2.05) is 24.8 Å². The molecule has 2 N–H and O–H groups in total. The second-order valence-corrected chi connectivity index (χ2v) is 6.75. The first-order chi connectivity index (χ1) is 10.5. The molecule has 1 fully saturated rings. The number of carbonyl (C=O) groups is 1.